The Morgan fingerprint density at radius 2 is 1.92 bits per heavy atom. The third-order valence-corrected chi connectivity index (χ3v) is 8.44. The van der Waals surface area contributed by atoms with E-state index in [1.54, 1.807) is 5.57 Å². The predicted octanol–water partition coefficient (Wildman–Crippen LogP) is 5.48. The van der Waals surface area contributed by atoms with Gasteiger partial charge in [0.05, 0.1) is 6.10 Å². The van der Waals surface area contributed by atoms with Crippen molar-refractivity contribution in [3.05, 3.63) is 10.6 Å². The minimum atomic E-state index is -0.474. The fraction of sp³-hybridized carbons (Fsp3) is 0.857. The van der Waals surface area contributed by atoms with Crippen LogP contribution >= 0.6 is 15.9 Å². The molecule has 0 radical (unpaired) electrons. The molecule has 0 saturated heterocycles. The van der Waals surface area contributed by atoms with Gasteiger partial charge >= 0.3 is 0 Å². The van der Waals surface area contributed by atoms with Crippen LogP contribution in [0.1, 0.15) is 72.6 Å². The van der Waals surface area contributed by atoms with Gasteiger partial charge in [0.1, 0.15) is 5.78 Å². The number of fused-ring (bicyclic) bond motifs is 1. The van der Waals surface area contributed by atoms with Crippen molar-refractivity contribution in [2.24, 2.45) is 34.5 Å². The lowest BCUT2D eigenvalue weighted by Gasteiger charge is -2.45. The van der Waals surface area contributed by atoms with Crippen LogP contribution in [0.25, 0.3) is 0 Å². The van der Waals surface area contributed by atoms with Crippen LogP contribution in [-0.2, 0) is 4.79 Å². The highest BCUT2D eigenvalue weighted by atomic mass is 79.9. The molecule has 3 saturated carbocycles. The average Bonchev–Trinajstić information content (AvgIpc) is 3.02. The summed E-state index contributed by atoms with van der Waals surface area (Å²) >= 11 is 3.58. The summed E-state index contributed by atoms with van der Waals surface area (Å²) in [6.07, 6.45) is 7.45. The van der Waals surface area contributed by atoms with Gasteiger partial charge in [0.2, 0.25) is 0 Å². The van der Waals surface area contributed by atoms with Gasteiger partial charge in [0.15, 0.2) is 0 Å². The molecule has 3 rings (SSSR count). The molecule has 24 heavy (non-hydrogen) atoms. The maximum atomic E-state index is 12.7. The number of rotatable bonds is 3. The summed E-state index contributed by atoms with van der Waals surface area (Å²) < 4.78 is 0. The molecule has 6 atom stereocenters. The summed E-state index contributed by atoms with van der Waals surface area (Å²) in [5, 5.41) is 11.1. The summed E-state index contributed by atoms with van der Waals surface area (Å²) in [6.45, 7) is 8.71. The number of halogens is 1. The fourth-order valence-electron chi connectivity index (χ4n) is 6.28. The third kappa shape index (κ3) is 2.84. The summed E-state index contributed by atoms with van der Waals surface area (Å²) in [7, 11) is 0. The van der Waals surface area contributed by atoms with Crippen molar-refractivity contribution in [1.29, 1.82) is 0 Å². The molecule has 136 valence electrons. The van der Waals surface area contributed by atoms with Crippen molar-refractivity contribution < 1.29 is 9.90 Å². The number of aliphatic hydroxyl groups excluding tert-OH is 1. The summed E-state index contributed by atoms with van der Waals surface area (Å²) in [5.41, 5.74) is 1.60. The minimum absolute atomic E-state index is 0.146. The molecule has 0 spiro atoms. The van der Waals surface area contributed by atoms with E-state index in [4.69, 9.17) is 0 Å². The Morgan fingerprint density at radius 1 is 1.21 bits per heavy atom. The summed E-state index contributed by atoms with van der Waals surface area (Å²) in [5.74, 6) is 1.52. The van der Waals surface area contributed by atoms with Crippen molar-refractivity contribution in [3.63, 3.8) is 0 Å². The highest BCUT2D eigenvalue weighted by Gasteiger charge is 2.54. The lowest BCUT2D eigenvalue weighted by atomic mass is 9.60. The number of carbonyl (C=O) groups is 1. The Bertz CT molecular complexity index is 538. The monoisotopic (exact) mass is 396 g/mol. The van der Waals surface area contributed by atoms with Crippen molar-refractivity contribution in [2.75, 3.05) is 0 Å². The first-order chi connectivity index (χ1) is 11.2. The fourth-order valence-corrected chi connectivity index (χ4v) is 6.83. The maximum absolute atomic E-state index is 12.7. The van der Waals surface area contributed by atoms with Crippen LogP contribution in [-0.4, -0.2) is 17.0 Å². The molecule has 0 bridgehead atoms. The third-order valence-electron chi connectivity index (χ3n) is 7.85. The molecule has 0 aromatic heterocycles. The topological polar surface area (TPSA) is 37.3 Å². The second-order valence-corrected chi connectivity index (χ2v) is 9.98. The molecular formula is C21H33BrO2. The molecule has 3 aliphatic rings. The smallest absolute Gasteiger partial charge is 0.144 e. The number of ketones is 1. The second kappa shape index (κ2) is 6.54. The number of carbonyl (C=O) groups excluding carboxylic acids is 1. The van der Waals surface area contributed by atoms with Crippen LogP contribution in [0.2, 0.25) is 0 Å². The van der Waals surface area contributed by atoms with Crippen LogP contribution in [0, 0.1) is 34.5 Å². The zero-order valence-electron chi connectivity index (χ0n) is 15.6. The average molecular weight is 397 g/mol. The van der Waals surface area contributed by atoms with Gasteiger partial charge < -0.3 is 5.11 Å². The summed E-state index contributed by atoms with van der Waals surface area (Å²) in [4.78, 5) is 14.8. The van der Waals surface area contributed by atoms with Gasteiger partial charge in [0.25, 0.3) is 0 Å². The Balaban J connectivity index is 1.78. The van der Waals surface area contributed by atoms with E-state index in [2.05, 4.69) is 34.8 Å². The van der Waals surface area contributed by atoms with Gasteiger partial charge in [-0.2, -0.15) is 0 Å². The van der Waals surface area contributed by atoms with E-state index in [1.165, 1.54) is 32.1 Å². The van der Waals surface area contributed by atoms with E-state index in [9.17, 15) is 9.90 Å². The van der Waals surface area contributed by atoms with Crippen molar-refractivity contribution >= 4 is 21.7 Å². The first-order valence-corrected chi connectivity index (χ1v) is 10.7. The highest BCUT2D eigenvalue weighted by molar-refractivity contribution is 9.11. The molecule has 2 nitrogen and oxygen atoms in total. The Labute approximate surface area is 155 Å². The standard InChI is InChI=1S/C21H33BrO2/c1-13(18(23)15-9-11-20(2,3)19(15)24)16-7-8-17-14(12-22)6-5-10-21(16,17)4/h12-13,15-18,23H,5-11H2,1-4H3/b14-12+/t13-,15?,16+,17?,18?,21+/m0/s1. The van der Waals surface area contributed by atoms with E-state index in [0.29, 0.717) is 11.8 Å². The maximum Gasteiger partial charge on any atom is 0.144 e. The number of hydrogen-bond acceptors (Lipinski definition) is 2. The molecular weight excluding hydrogens is 364 g/mol. The zero-order valence-corrected chi connectivity index (χ0v) is 17.2. The normalized spacial score (nSPS) is 43.0. The number of hydrogen-bond donors (Lipinski definition) is 1. The molecule has 0 aliphatic heterocycles. The molecule has 3 aliphatic carbocycles. The number of aliphatic hydroxyl groups is 1. The summed E-state index contributed by atoms with van der Waals surface area (Å²) in [6, 6.07) is 0. The Hall–Kier alpha value is -0.150. The molecule has 1 N–H and O–H groups in total. The van der Waals surface area contributed by atoms with Gasteiger partial charge in [-0.05, 0) is 73.1 Å². The van der Waals surface area contributed by atoms with E-state index in [-0.39, 0.29) is 28.4 Å². The van der Waals surface area contributed by atoms with E-state index in [0.717, 1.165) is 12.8 Å². The minimum Gasteiger partial charge on any atom is -0.392 e. The molecule has 3 unspecified atom stereocenters. The number of allylic oxidation sites excluding steroid dienone is 1. The van der Waals surface area contributed by atoms with E-state index < -0.39 is 6.10 Å². The quantitative estimate of drug-likeness (QED) is 0.684. The highest BCUT2D eigenvalue weighted by Crippen LogP contribution is 2.60. The first-order valence-electron chi connectivity index (χ1n) is 9.74. The second-order valence-electron chi connectivity index (χ2n) is 9.52. The van der Waals surface area contributed by atoms with Crippen LogP contribution < -0.4 is 0 Å². The van der Waals surface area contributed by atoms with Crippen LogP contribution in [0.5, 0.6) is 0 Å². The molecule has 0 amide bonds. The van der Waals surface area contributed by atoms with Crippen LogP contribution in [0.3, 0.4) is 0 Å². The Morgan fingerprint density at radius 3 is 2.50 bits per heavy atom. The van der Waals surface area contributed by atoms with Crippen LogP contribution in [0.4, 0.5) is 0 Å². The lowest BCUT2D eigenvalue weighted by molar-refractivity contribution is -0.132. The zero-order chi connectivity index (χ0) is 17.7. The first kappa shape index (κ1) is 18.6. The van der Waals surface area contributed by atoms with Gasteiger partial charge in [-0.15, -0.1) is 0 Å². The van der Waals surface area contributed by atoms with Crippen molar-refractivity contribution in [3.8, 4) is 0 Å². The van der Waals surface area contributed by atoms with E-state index >= 15 is 0 Å². The van der Waals surface area contributed by atoms with E-state index in [1.807, 2.05) is 13.8 Å². The molecule has 0 aromatic carbocycles. The molecule has 0 aromatic rings. The van der Waals surface area contributed by atoms with Gasteiger partial charge in [0, 0.05) is 11.3 Å². The molecule has 3 fully saturated rings. The number of Topliss-reactive ketones (excluding diaryl/α,β-unsaturated/α-hetero) is 1. The molecule has 0 heterocycles. The van der Waals surface area contributed by atoms with Gasteiger partial charge in [-0.1, -0.05) is 49.2 Å². The van der Waals surface area contributed by atoms with Gasteiger partial charge in [-0.25, -0.2) is 0 Å². The lowest BCUT2D eigenvalue weighted by Crippen LogP contribution is -2.42. The van der Waals surface area contributed by atoms with Crippen molar-refractivity contribution in [1.82, 2.24) is 0 Å². The SMILES string of the molecule is C[C@H](C(O)C1CCC(C)(C)C1=O)[C@H]1CCC2/C(=C/Br)CCC[C@@]21C. The van der Waals surface area contributed by atoms with Crippen LogP contribution in [0.15, 0.2) is 10.6 Å². The largest absolute Gasteiger partial charge is 0.392 e. The van der Waals surface area contributed by atoms with Gasteiger partial charge in [-0.3, -0.25) is 4.79 Å². The predicted molar refractivity (Wildman–Crippen MR) is 102 cm³/mol. The van der Waals surface area contributed by atoms with Crippen molar-refractivity contribution in [2.45, 2.75) is 78.7 Å². The molecule has 3 heteroatoms. The Kier molecular flexibility index (Phi) is 5.08.